The van der Waals surface area contributed by atoms with Crippen LogP contribution in [0.3, 0.4) is 0 Å². The molecule has 0 radical (unpaired) electrons. The number of unbranched alkanes of at least 4 members (excludes halogenated alkanes) is 1. The molecule has 0 aromatic rings. The molecule has 0 amide bonds. The predicted molar refractivity (Wildman–Crippen MR) is 75.2 cm³/mol. The zero-order valence-electron chi connectivity index (χ0n) is 11.7. The SMILES string of the molecule is CCCNC(CC)CCCCS(=O)(=O)CCC. The zero-order valence-corrected chi connectivity index (χ0v) is 12.5. The summed E-state index contributed by atoms with van der Waals surface area (Å²) in [6, 6.07) is 0.559. The third-order valence-electron chi connectivity index (χ3n) is 2.95. The third kappa shape index (κ3) is 9.60. The van der Waals surface area contributed by atoms with E-state index in [4.69, 9.17) is 0 Å². The van der Waals surface area contributed by atoms with E-state index in [2.05, 4.69) is 19.2 Å². The van der Waals surface area contributed by atoms with Gasteiger partial charge in [0.15, 0.2) is 0 Å². The molecule has 1 unspecified atom stereocenters. The molecule has 0 heterocycles. The molecular formula is C13H29NO2S. The van der Waals surface area contributed by atoms with Crippen LogP contribution in [0.25, 0.3) is 0 Å². The van der Waals surface area contributed by atoms with E-state index < -0.39 is 9.84 Å². The van der Waals surface area contributed by atoms with E-state index in [1.165, 1.54) is 0 Å². The Labute approximate surface area is 107 Å². The average Bonchev–Trinajstić information content (AvgIpc) is 2.28. The lowest BCUT2D eigenvalue weighted by molar-refractivity contribution is 0.453. The van der Waals surface area contributed by atoms with Crippen LogP contribution in [0, 0.1) is 0 Å². The summed E-state index contributed by atoms with van der Waals surface area (Å²) < 4.78 is 23.0. The molecule has 0 spiro atoms. The average molecular weight is 263 g/mol. The van der Waals surface area contributed by atoms with Crippen LogP contribution in [-0.2, 0) is 9.84 Å². The lowest BCUT2D eigenvalue weighted by atomic mass is 10.1. The van der Waals surface area contributed by atoms with Gasteiger partial charge in [-0.15, -0.1) is 0 Å². The fraction of sp³-hybridized carbons (Fsp3) is 1.00. The Morgan fingerprint density at radius 2 is 1.71 bits per heavy atom. The van der Waals surface area contributed by atoms with Crippen molar-refractivity contribution in [2.45, 2.75) is 65.3 Å². The van der Waals surface area contributed by atoms with E-state index in [-0.39, 0.29) is 0 Å². The Morgan fingerprint density at radius 3 is 2.24 bits per heavy atom. The highest BCUT2D eigenvalue weighted by Gasteiger charge is 2.10. The fourth-order valence-corrected chi connectivity index (χ4v) is 3.39. The molecule has 0 rings (SSSR count). The lowest BCUT2D eigenvalue weighted by Gasteiger charge is -2.16. The molecule has 0 aromatic carbocycles. The zero-order chi connectivity index (χ0) is 13.1. The van der Waals surface area contributed by atoms with Gasteiger partial charge >= 0.3 is 0 Å². The normalized spacial score (nSPS) is 13.8. The molecule has 0 aliphatic heterocycles. The van der Waals surface area contributed by atoms with Crippen molar-refractivity contribution in [3.63, 3.8) is 0 Å². The number of nitrogens with one attached hydrogen (secondary N) is 1. The number of rotatable bonds is 11. The van der Waals surface area contributed by atoms with Crippen molar-refractivity contribution in [1.82, 2.24) is 5.32 Å². The third-order valence-corrected chi connectivity index (χ3v) is 4.89. The molecule has 1 atom stereocenters. The predicted octanol–water partition coefficient (Wildman–Crippen LogP) is 2.76. The van der Waals surface area contributed by atoms with Gasteiger partial charge in [-0.1, -0.05) is 27.2 Å². The molecule has 3 nitrogen and oxygen atoms in total. The smallest absolute Gasteiger partial charge is 0.150 e. The number of sulfone groups is 1. The van der Waals surface area contributed by atoms with Crippen LogP contribution in [0.2, 0.25) is 0 Å². The molecule has 0 aromatic heterocycles. The molecule has 0 saturated heterocycles. The summed E-state index contributed by atoms with van der Waals surface area (Å²) in [5, 5.41) is 3.49. The van der Waals surface area contributed by atoms with Crippen molar-refractivity contribution < 1.29 is 8.42 Å². The largest absolute Gasteiger partial charge is 0.314 e. The van der Waals surface area contributed by atoms with E-state index in [0.29, 0.717) is 17.5 Å². The van der Waals surface area contributed by atoms with Gasteiger partial charge in [-0.3, -0.25) is 0 Å². The van der Waals surface area contributed by atoms with Gasteiger partial charge in [0.1, 0.15) is 9.84 Å². The van der Waals surface area contributed by atoms with E-state index >= 15 is 0 Å². The van der Waals surface area contributed by atoms with E-state index in [0.717, 1.165) is 45.1 Å². The lowest BCUT2D eigenvalue weighted by Crippen LogP contribution is -2.29. The Balaban J connectivity index is 3.67. The molecule has 17 heavy (non-hydrogen) atoms. The second-order valence-corrected chi connectivity index (χ2v) is 7.01. The van der Waals surface area contributed by atoms with Gasteiger partial charge in [0.25, 0.3) is 0 Å². The van der Waals surface area contributed by atoms with Crippen LogP contribution >= 0.6 is 0 Å². The Bertz CT molecular complexity index is 263. The highest BCUT2D eigenvalue weighted by molar-refractivity contribution is 7.91. The molecule has 0 aliphatic carbocycles. The van der Waals surface area contributed by atoms with Crippen molar-refractivity contribution in [1.29, 1.82) is 0 Å². The van der Waals surface area contributed by atoms with Crippen LogP contribution in [0.15, 0.2) is 0 Å². The molecule has 0 bridgehead atoms. The van der Waals surface area contributed by atoms with Gasteiger partial charge < -0.3 is 5.32 Å². The second-order valence-electron chi connectivity index (χ2n) is 4.71. The van der Waals surface area contributed by atoms with Gasteiger partial charge in [-0.25, -0.2) is 8.42 Å². The number of hydrogen-bond donors (Lipinski definition) is 1. The van der Waals surface area contributed by atoms with Gasteiger partial charge in [0.2, 0.25) is 0 Å². The van der Waals surface area contributed by atoms with Gasteiger partial charge in [0, 0.05) is 11.8 Å². The highest BCUT2D eigenvalue weighted by atomic mass is 32.2. The Hall–Kier alpha value is -0.0900. The maximum Gasteiger partial charge on any atom is 0.150 e. The first-order chi connectivity index (χ1) is 8.05. The van der Waals surface area contributed by atoms with Crippen molar-refractivity contribution in [2.75, 3.05) is 18.1 Å². The summed E-state index contributed by atoms with van der Waals surface area (Å²) in [4.78, 5) is 0. The first-order valence-electron chi connectivity index (χ1n) is 6.99. The summed E-state index contributed by atoms with van der Waals surface area (Å²) in [6.07, 6.45) is 5.93. The molecule has 4 heteroatoms. The van der Waals surface area contributed by atoms with Crippen LogP contribution < -0.4 is 5.32 Å². The van der Waals surface area contributed by atoms with Gasteiger partial charge in [-0.2, -0.15) is 0 Å². The molecule has 0 aliphatic rings. The monoisotopic (exact) mass is 263 g/mol. The first-order valence-corrected chi connectivity index (χ1v) is 8.81. The van der Waals surface area contributed by atoms with Crippen LogP contribution in [0.4, 0.5) is 0 Å². The fourth-order valence-electron chi connectivity index (χ4n) is 1.92. The van der Waals surface area contributed by atoms with Crippen molar-refractivity contribution >= 4 is 9.84 Å². The van der Waals surface area contributed by atoms with Crippen LogP contribution in [0.1, 0.15) is 59.3 Å². The maximum absolute atomic E-state index is 11.5. The maximum atomic E-state index is 11.5. The molecular weight excluding hydrogens is 234 g/mol. The Morgan fingerprint density at radius 1 is 1.00 bits per heavy atom. The Kier molecular flexibility index (Phi) is 9.84. The van der Waals surface area contributed by atoms with Gasteiger partial charge in [-0.05, 0) is 38.6 Å². The summed E-state index contributed by atoms with van der Waals surface area (Å²) >= 11 is 0. The molecule has 1 N–H and O–H groups in total. The minimum Gasteiger partial charge on any atom is -0.314 e. The van der Waals surface area contributed by atoms with E-state index in [1.54, 1.807) is 0 Å². The van der Waals surface area contributed by atoms with E-state index in [1.807, 2.05) is 6.92 Å². The second kappa shape index (κ2) is 9.89. The van der Waals surface area contributed by atoms with Crippen LogP contribution in [0.5, 0.6) is 0 Å². The first kappa shape index (κ1) is 16.9. The van der Waals surface area contributed by atoms with Gasteiger partial charge in [0.05, 0.1) is 5.75 Å². The van der Waals surface area contributed by atoms with E-state index in [9.17, 15) is 8.42 Å². The summed E-state index contributed by atoms with van der Waals surface area (Å²) in [7, 11) is -2.77. The summed E-state index contributed by atoms with van der Waals surface area (Å²) in [5.41, 5.74) is 0. The standard InChI is InChI=1S/C13H29NO2S/c1-4-10-14-13(6-3)9-7-8-12-17(15,16)11-5-2/h13-14H,4-12H2,1-3H3. The highest BCUT2D eigenvalue weighted by Crippen LogP contribution is 2.07. The molecule has 0 saturated carbocycles. The molecule has 104 valence electrons. The summed E-state index contributed by atoms with van der Waals surface area (Å²) in [5.74, 6) is 0.712. The topological polar surface area (TPSA) is 46.2 Å². The van der Waals surface area contributed by atoms with Crippen molar-refractivity contribution in [2.24, 2.45) is 0 Å². The quantitative estimate of drug-likeness (QED) is 0.583. The van der Waals surface area contributed by atoms with Crippen molar-refractivity contribution in [3.05, 3.63) is 0 Å². The number of hydrogen-bond acceptors (Lipinski definition) is 3. The summed E-state index contributed by atoms with van der Waals surface area (Å²) in [6.45, 7) is 7.32. The minimum atomic E-state index is -2.77. The van der Waals surface area contributed by atoms with Crippen LogP contribution in [-0.4, -0.2) is 32.5 Å². The molecule has 0 fully saturated rings. The van der Waals surface area contributed by atoms with Crippen molar-refractivity contribution in [3.8, 4) is 0 Å². The minimum absolute atomic E-state index is 0.346.